The molecule has 0 saturated carbocycles. The SMILES string of the molecule is CCCCCCC(=C[Si](C)(C)C)[Si](C)(C)C. The molecule has 0 aliphatic carbocycles. The first kappa shape index (κ1) is 16.2. The van der Waals surface area contributed by atoms with Crippen LogP contribution in [0.4, 0.5) is 0 Å². The molecular formula is C14H32Si2. The summed E-state index contributed by atoms with van der Waals surface area (Å²) in [5.74, 6) is 0. The van der Waals surface area contributed by atoms with Crippen LogP contribution in [0.25, 0.3) is 0 Å². The summed E-state index contributed by atoms with van der Waals surface area (Å²) in [5.41, 5.74) is 2.69. The second kappa shape index (κ2) is 6.80. The van der Waals surface area contributed by atoms with Crippen molar-refractivity contribution in [3.63, 3.8) is 0 Å². The van der Waals surface area contributed by atoms with E-state index in [9.17, 15) is 0 Å². The number of rotatable bonds is 7. The summed E-state index contributed by atoms with van der Waals surface area (Å²) in [7, 11) is -2.09. The van der Waals surface area contributed by atoms with Crippen LogP contribution in [0.3, 0.4) is 0 Å². The number of hydrogen-bond donors (Lipinski definition) is 0. The minimum atomic E-state index is -1.06. The van der Waals surface area contributed by atoms with Gasteiger partial charge in [-0.3, -0.25) is 0 Å². The minimum Gasteiger partial charge on any atom is -0.0995 e. The Labute approximate surface area is 106 Å². The van der Waals surface area contributed by atoms with Gasteiger partial charge in [0.25, 0.3) is 0 Å². The maximum atomic E-state index is 2.69. The van der Waals surface area contributed by atoms with Gasteiger partial charge in [-0.05, 0) is 12.8 Å². The molecule has 0 radical (unpaired) electrons. The van der Waals surface area contributed by atoms with Gasteiger partial charge < -0.3 is 0 Å². The van der Waals surface area contributed by atoms with Crippen LogP contribution in [0, 0.1) is 0 Å². The van der Waals surface area contributed by atoms with Crippen LogP contribution in [-0.2, 0) is 0 Å². The molecule has 0 aromatic rings. The highest BCUT2D eigenvalue weighted by Crippen LogP contribution is 2.23. The van der Waals surface area contributed by atoms with Crippen LogP contribution in [0.15, 0.2) is 10.9 Å². The summed E-state index contributed by atoms with van der Waals surface area (Å²) >= 11 is 0. The highest BCUT2D eigenvalue weighted by atomic mass is 28.3. The van der Waals surface area contributed by atoms with E-state index in [1.165, 1.54) is 32.1 Å². The summed E-state index contributed by atoms with van der Waals surface area (Å²) in [6.07, 6.45) is 6.96. The zero-order valence-electron chi connectivity index (χ0n) is 12.6. The number of allylic oxidation sites excluding steroid dienone is 1. The fourth-order valence-corrected chi connectivity index (χ4v) is 7.08. The molecule has 0 aromatic carbocycles. The van der Waals surface area contributed by atoms with Gasteiger partial charge >= 0.3 is 0 Å². The second-order valence-corrected chi connectivity index (χ2v) is 17.3. The van der Waals surface area contributed by atoms with Crippen molar-refractivity contribution >= 4 is 16.1 Å². The van der Waals surface area contributed by atoms with Crippen molar-refractivity contribution < 1.29 is 0 Å². The summed E-state index contributed by atoms with van der Waals surface area (Å²) in [6.45, 7) is 17.2. The predicted molar refractivity (Wildman–Crippen MR) is 83.5 cm³/mol. The van der Waals surface area contributed by atoms with Gasteiger partial charge in [0.05, 0.1) is 16.1 Å². The Morgan fingerprint density at radius 1 is 0.875 bits per heavy atom. The minimum absolute atomic E-state index is 1.03. The van der Waals surface area contributed by atoms with E-state index >= 15 is 0 Å². The highest BCUT2D eigenvalue weighted by Gasteiger charge is 2.22. The molecule has 0 fully saturated rings. The fourth-order valence-electron chi connectivity index (χ4n) is 1.93. The molecule has 16 heavy (non-hydrogen) atoms. The molecule has 0 atom stereocenters. The first-order valence-corrected chi connectivity index (χ1v) is 14.0. The molecule has 96 valence electrons. The molecule has 0 amide bonds. The zero-order chi connectivity index (χ0) is 12.8. The normalized spacial score (nSPS) is 14.3. The molecule has 0 heterocycles. The maximum absolute atomic E-state index is 2.69. The molecule has 0 aliphatic heterocycles. The molecule has 0 unspecified atom stereocenters. The Bertz CT molecular complexity index is 216. The van der Waals surface area contributed by atoms with Crippen LogP contribution in [0.1, 0.15) is 39.0 Å². The topological polar surface area (TPSA) is 0 Å². The van der Waals surface area contributed by atoms with Crippen molar-refractivity contribution in [1.82, 2.24) is 0 Å². The van der Waals surface area contributed by atoms with Crippen molar-refractivity contribution in [3.05, 3.63) is 10.9 Å². The van der Waals surface area contributed by atoms with Crippen LogP contribution in [0.2, 0.25) is 39.3 Å². The Kier molecular flexibility index (Phi) is 6.87. The maximum Gasteiger partial charge on any atom is 0.0715 e. The average molecular weight is 257 g/mol. The van der Waals surface area contributed by atoms with Crippen molar-refractivity contribution in [2.75, 3.05) is 0 Å². The third-order valence-corrected chi connectivity index (χ3v) is 6.69. The van der Waals surface area contributed by atoms with E-state index in [1.807, 2.05) is 5.20 Å². The first-order chi connectivity index (χ1) is 7.17. The fraction of sp³-hybridized carbons (Fsp3) is 0.857. The van der Waals surface area contributed by atoms with Crippen molar-refractivity contribution in [3.8, 4) is 0 Å². The Hall–Kier alpha value is 0.174. The molecular weight excluding hydrogens is 224 g/mol. The lowest BCUT2D eigenvalue weighted by atomic mass is 10.1. The lowest BCUT2D eigenvalue weighted by Crippen LogP contribution is -2.28. The van der Waals surface area contributed by atoms with Gasteiger partial charge in [-0.25, -0.2) is 0 Å². The molecule has 0 nitrogen and oxygen atoms in total. The molecule has 2 heteroatoms. The molecule has 0 rings (SSSR count). The Morgan fingerprint density at radius 2 is 1.44 bits per heavy atom. The van der Waals surface area contributed by atoms with Gasteiger partial charge in [-0.1, -0.05) is 76.4 Å². The smallest absolute Gasteiger partial charge is 0.0715 e. The van der Waals surface area contributed by atoms with E-state index in [2.05, 4.69) is 51.9 Å². The summed E-state index contributed by atoms with van der Waals surface area (Å²) in [4.78, 5) is 0. The molecule has 0 bridgehead atoms. The van der Waals surface area contributed by atoms with Gasteiger partial charge in [0, 0.05) is 0 Å². The summed E-state index contributed by atoms with van der Waals surface area (Å²) in [5, 5.41) is 1.84. The zero-order valence-corrected chi connectivity index (χ0v) is 14.6. The molecule has 0 saturated heterocycles. The monoisotopic (exact) mass is 256 g/mol. The van der Waals surface area contributed by atoms with Crippen LogP contribution in [0.5, 0.6) is 0 Å². The molecule has 0 spiro atoms. The van der Waals surface area contributed by atoms with Gasteiger partial charge in [0.15, 0.2) is 0 Å². The standard InChI is InChI=1S/C14H32Si2/c1-8-9-10-11-12-14(16(5,6)7)13-15(2,3)4/h13H,8-12H2,1-7H3. The van der Waals surface area contributed by atoms with Crippen molar-refractivity contribution in [2.45, 2.75) is 78.3 Å². The van der Waals surface area contributed by atoms with Crippen LogP contribution < -0.4 is 0 Å². The van der Waals surface area contributed by atoms with E-state index in [1.54, 1.807) is 0 Å². The van der Waals surface area contributed by atoms with Gasteiger partial charge in [0.1, 0.15) is 0 Å². The van der Waals surface area contributed by atoms with E-state index in [0.717, 1.165) is 0 Å². The van der Waals surface area contributed by atoms with Crippen LogP contribution in [-0.4, -0.2) is 16.1 Å². The van der Waals surface area contributed by atoms with Gasteiger partial charge in [0.2, 0.25) is 0 Å². The largest absolute Gasteiger partial charge is 0.0995 e. The predicted octanol–water partition coefficient (Wildman–Crippen LogP) is 5.64. The summed E-state index contributed by atoms with van der Waals surface area (Å²) < 4.78 is 0. The highest BCUT2D eigenvalue weighted by molar-refractivity contribution is 6.87. The lowest BCUT2D eigenvalue weighted by Gasteiger charge is -2.25. The average Bonchev–Trinajstić information content (AvgIpc) is 2.06. The van der Waals surface area contributed by atoms with Crippen molar-refractivity contribution in [2.24, 2.45) is 0 Å². The van der Waals surface area contributed by atoms with Crippen LogP contribution >= 0.6 is 0 Å². The first-order valence-electron chi connectivity index (χ1n) is 6.89. The Morgan fingerprint density at radius 3 is 1.81 bits per heavy atom. The number of hydrogen-bond acceptors (Lipinski definition) is 0. The Balaban J connectivity index is 4.42. The molecule has 0 N–H and O–H groups in total. The van der Waals surface area contributed by atoms with Gasteiger partial charge in [-0.2, -0.15) is 0 Å². The van der Waals surface area contributed by atoms with E-state index in [-0.39, 0.29) is 0 Å². The number of unbranched alkanes of at least 4 members (excludes halogenated alkanes) is 3. The molecule has 0 aromatic heterocycles. The van der Waals surface area contributed by atoms with E-state index < -0.39 is 16.1 Å². The van der Waals surface area contributed by atoms with Gasteiger partial charge in [-0.15, -0.1) is 0 Å². The van der Waals surface area contributed by atoms with E-state index in [4.69, 9.17) is 0 Å². The third kappa shape index (κ3) is 8.34. The second-order valence-electron chi connectivity index (χ2n) is 7.10. The third-order valence-electron chi connectivity index (χ3n) is 2.87. The van der Waals surface area contributed by atoms with E-state index in [0.29, 0.717) is 0 Å². The quantitative estimate of drug-likeness (QED) is 0.408. The molecule has 0 aliphatic rings. The lowest BCUT2D eigenvalue weighted by molar-refractivity contribution is 0.670. The van der Waals surface area contributed by atoms with Crippen molar-refractivity contribution in [1.29, 1.82) is 0 Å². The summed E-state index contributed by atoms with van der Waals surface area (Å²) in [6, 6.07) is 0.